The van der Waals surface area contributed by atoms with E-state index in [4.69, 9.17) is 32.4 Å². The first-order chi connectivity index (χ1) is 14.7. The third-order valence-corrected chi connectivity index (χ3v) is 5.63. The summed E-state index contributed by atoms with van der Waals surface area (Å²) in [6, 6.07) is 17.6. The van der Waals surface area contributed by atoms with Crippen LogP contribution < -0.4 is 10.1 Å². The molecule has 31 heavy (non-hydrogen) atoms. The highest BCUT2D eigenvalue weighted by Gasteiger charge is 2.30. The van der Waals surface area contributed by atoms with Crippen molar-refractivity contribution < 1.29 is 13.9 Å². The number of fused-ring (bicyclic) bond motifs is 1. The number of carbonyl (C=O) groups is 1. The number of ether oxygens (including phenoxy) is 1. The zero-order valence-electron chi connectivity index (χ0n) is 16.6. The van der Waals surface area contributed by atoms with Gasteiger partial charge in [0.25, 0.3) is 5.91 Å². The summed E-state index contributed by atoms with van der Waals surface area (Å²) >= 11 is 15.8. The number of nitrogens with zero attached hydrogens (tertiary/aromatic N) is 1. The number of benzene rings is 3. The van der Waals surface area contributed by atoms with Crippen molar-refractivity contribution in [2.45, 2.75) is 19.4 Å². The van der Waals surface area contributed by atoms with Gasteiger partial charge in [-0.05, 0) is 74.5 Å². The monoisotopic (exact) mass is 518 g/mol. The van der Waals surface area contributed by atoms with Gasteiger partial charge in [0.2, 0.25) is 5.89 Å². The maximum absolute atomic E-state index is 12.9. The van der Waals surface area contributed by atoms with Crippen LogP contribution in [0, 0.1) is 0 Å². The van der Waals surface area contributed by atoms with Gasteiger partial charge in [-0.3, -0.25) is 4.79 Å². The molecule has 0 aliphatic carbocycles. The van der Waals surface area contributed by atoms with Crippen LogP contribution in [0.1, 0.15) is 13.8 Å². The van der Waals surface area contributed by atoms with E-state index in [-0.39, 0.29) is 5.91 Å². The van der Waals surface area contributed by atoms with Crippen LogP contribution in [0.15, 0.2) is 69.6 Å². The molecule has 0 aliphatic heterocycles. The molecule has 158 valence electrons. The van der Waals surface area contributed by atoms with Crippen LogP contribution in [-0.2, 0) is 4.79 Å². The fraction of sp³-hybridized carbons (Fsp3) is 0.130. The van der Waals surface area contributed by atoms with Crippen molar-refractivity contribution in [2.24, 2.45) is 0 Å². The van der Waals surface area contributed by atoms with E-state index in [9.17, 15) is 4.79 Å². The van der Waals surface area contributed by atoms with E-state index in [0.29, 0.717) is 44.0 Å². The van der Waals surface area contributed by atoms with Crippen molar-refractivity contribution in [1.82, 2.24) is 4.98 Å². The molecule has 4 aromatic rings. The topological polar surface area (TPSA) is 64.4 Å². The number of rotatable bonds is 5. The van der Waals surface area contributed by atoms with Crippen LogP contribution in [0.5, 0.6) is 5.75 Å². The van der Waals surface area contributed by atoms with Gasteiger partial charge in [0, 0.05) is 15.2 Å². The Kier molecular flexibility index (Phi) is 5.97. The van der Waals surface area contributed by atoms with Gasteiger partial charge in [-0.1, -0.05) is 39.1 Å². The fourth-order valence-electron chi connectivity index (χ4n) is 2.91. The predicted octanol–water partition coefficient (Wildman–Crippen LogP) is 7.36. The molecule has 1 heterocycles. The van der Waals surface area contributed by atoms with Crippen LogP contribution in [0.3, 0.4) is 0 Å². The smallest absolute Gasteiger partial charge is 0.267 e. The molecular formula is C23H17BrCl2N2O3. The number of amides is 1. The number of aromatic nitrogens is 1. The molecule has 4 rings (SSSR count). The molecular weight excluding hydrogens is 503 g/mol. The second kappa shape index (κ2) is 8.54. The fourth-order valence-corrected chi connectivity index (χ4v) is 3.54. The largest absolute Gasteiger partial charge is 0.478 e. The molecule has 0 atom stereocenters. The van der Waals surface area contributed by atoms with Gasteiger partial charge in [0.05, 0.1) is 10.6 Å². The summed E-state index contributed by atoms with van der Waals surface area (Å²) in [5.74, 6) is 0.613. The van der Waals surface area contributed by atoms with E-state index in [1.807, 2.05) is 12.1 Å². The average Bonchev–Trinajstić information content (AvgIpc) is 3.14. The molecule has 0 bridgehead atoms. The zero-order chi connectivity index (χ0) is 22.2. The van der Waals surface area contributed by atoms with Crippen molar-refractivity contribution >= 4 is 61.8 Å². The molecule has 1 N–H and O–H groups in total. The third kappa shape index (κ3) is 4.87. The first-order valence-corrected chi connectivity index (χ1v) is 10.9. The minimum atomic E-state index is -1.11. The Labute approximate surface area is 197 Å². The Hall–Kier alpha value is -2.54. The molecule has 1 amide bonds. The Morgan fingerprint density at radius 3 is 2.55 bits per heavy atom. The van der Waals surface area contributed by atoms with E-state index in [0.717, 1.165) is 4.47 Å². The molecule has 0 saturated carbocycles. The maximum Gasteiger partial charge on any atom is 0.267 e. The second-order valence-electron chi connectivity index (χ2n) is 7.35. The minimum absolute atomic E-state index is 0.312. The number of halogens is 3. The van der Waals surface area contributed by atoms with Crippen LogP contribution in [-0.4, -0.2) is 16.5 Å². The summed E-state index contributed by atoms with van der Waals surface area (Å²) in [5, 5.41) is 3.88. The lowest BCUT2D eigenvalue weighted by Crippen LogP contribution is -2.42. The summed E-state index contributed by atoms with van der Waals surface area (Å²) in [4.78, 5) is 17.3. The zero-order valence-corrected chi connectivity index (χ0v) is 19.7. The summed E-state index contributed by atoms with van der Waals surface area (Å²) in [6.45, 7) is 3.40. The molecule has 0 saturated heterocycles. The van der Waals surface area contributed by atoms with Crippen molar-refractivity contribution in [3.63, 3.8) is 0 Å². The van der Waals surface area contributed by atoms with Crippen molar-refractivity contribution in [2.75, 3.05) is 5.32 Å². The number of hydrogen-bond donors (Lipinski definition) is 1. The van der Waals surface area contributed by atoms with E-state index in [1.54, 1.807) is 62.4 Å². The number of anilines is 1. The van der Waals surface area contributed by atoms with Gasteiger partial charge in [-0.15, -0.1) is 0 Å². The molecule has 8 heteroatoms. The lowest BCUT2D eigenvalue weighted by Gasteiger charge is -2.25. The van der Waals surface area contributed by atoms with E-state index < -0.39 is 5.60 Å². The first-order valence-electron chi connectivity index (χ1n) is 9.33. The van der Waals surface area contributed by atoms with E-state index >= 15 is 0 Å². The quantitative estimate of drug-likeness (QED) is 0.299. The Morgan fingerprint density at radius 2 is 1.81 bits per heavy atom. The molecule has 0 spiro atoms. The van der Waals surface area contributed by atoms with Crippen LogP contribution in [0.25, 0.3) is 22.6 Å². The molecule has 1 aromatic heterocycles. The molecule has 0 unspecified atom stereocenters. The Balaban J connectivity index is 1.57. The molecule has 0 aliphatic rings. The van der Waals surface area contributed by atoms with Gasteiger partial charge in [-0.2, -0.15) is 0 Å². The molecule has 5 nitrogen and oxygen atoms in total. The van der Waals surface area contributed by atoms with Crippen molar-refractivity contribution in [1.29, 1.82) is 0 Å². The summed E-state index contributed by atoms with van der Waals surface area (Å²) < 4.78 is 12.6. The average molecular weight is 520 g/mol. The number of oxazole rings is 1. The van der Waals surface area contributed by atoms with Crippen molar-refractivity contribution in [3.05, 3.63) is 75.2 Å². The second-order valence-corrected chi connectivity index (χ2v) is 9.11. The van der Waals surface area contributed by atoms with Gasteiger partial charge < -0.3 is 14.5 Å². The lowest BCUT2D eigenvalue weighted by atomic mass is 10.1. The standard InChI is InChI=1S/C23H17BrCl2N2O3/c1-23(2,31-16-7-3-13(24)4-8-16)22(29)27-15-6-9-18(26)17(12-15)21-28-19-11-14(25)5-10-20(19)30-21/h3-12H,1-2H3,(H,27,29). The van der Waals surface area contributed by atoms with Crippen LogP contribution in [0.4, 0.5) is 5.69 Å². The molecule has 0 radical (unpaired) electrons. The highest BCUT2D eigenvalue weighted by atomic mass is 79.9. The predicted molar refractivity (Wildman–Crippen MR) is 127 cm³/mol. The highest BCUT2D eigenvalue weighted by molar-refractivity contribution is 9.10. The van der Waals surface area contributed by atoms with Gasteiger partial charge in [0.15, 0.2) is 11.2 Å². The first kappa shape index (κ1) is 21.7. The lowest BCUT2D eigenvalue weighted by molar-refractivity contribution is -0.128. The minimum Gasteiger partial charge on any atom is -0.478 e. The summed E-state index contributed by atoms with van der Waals surface area (Å²) in [5.41, 5.74) is 1.20. The van der Waals surface area contributed by atoms with Gasteiger partial charge >= 0.3 is 0 Å². The normalized spacial score (nSPS) is 11.5. The Morgan fingerprint density at radius 1 is 1.06 bits per heavy atom. The maximum atomic E-state index is 12.9. The summed E-state index contributed by atoms with van der Waals surface area (Å²) in [7, 11) is 0. The SMILES string of the molecule is CC(C)(Oc1ccc(Br)cc1)C(=O)Nc1ccc(Cl)c(-c2nc3cc(Cl)ccc3o2)c1. The van der Waals surface area contributed by atoms with Gasteiger partial charge in [0.1, 0.15) is 11.3 Å². The molecule has 3 aromatic carbocycles. The number of carbonyl (C=O) groups excluding carboxylic acids is 1. The highest BCUT2D eigenvalue weighted by Crippen LogP contribution is 2.33. The third-order valence-electron chi connectivity index (χ3n) is 4.54. The van der Waals surface area contributed by atoms with Crippen LogP contribution >= 0.6 is 39.1 Å². The van der Waals surface area contributed by atoms with E-state index in [2.05, 4.69) is 26.2 Å². The number of hydrogen-bond acceptors (Lipinski definition) is 4. The van der Waals surface area contributed by atoms with E-state index in [1.165, 1.54) is 0 Å². The van der Waals surface area contributed by atoms with Crippen molar-refractivity contribution in [3.8, 4) is 17.2 Å². The molecule has 0 fully saturated rings. The summed E-state index contributed by atoms with van der Waals surface area (Å²) in [6.07, 6.45) is 0. The Bertz CT molecular complexity index is 1270. The number of nitrogens with one attached hydrogen (secondary N) is 1. The van der Waals surface area contributed by atoms with Gasteiger partial charge in [-0.25, -0.2) is 4.98 Å². The van der Waals surface area contributed by atoms with Crippen LogP contribution in [0.2, 0.25) is 10.0 Å².